The third kappa shape index (κ3) is 5.61. The fourth-order valence-electron chi connectivity index (χ4n) is 5.24. The van der Waals surface area contributed by atoms with Crippen molar-refractivity contribution in [3.63, 3.8) is 0 Å². The van der Waals surface area contributed by atoms with Crippen LogP contribution < -0.4 is 16.4 Å². The third-order valence-corrected chi connectivity index (χ3v) is 7.41. The molecule has 3 aromatic carbocycles. The van der Waals surface area contributed by atoms with Gasteiger partial charge in [0.2, 0.25) is 0 Å². The topological polar surface area (TPSA) is 104 Å². The molecule has 4 N–H and O–H groups in total. The third-order valence-electron chi connectivity index (χ3n) is 7.41. The van der Waals surface area contributed by atoms with Crippen LogP contribution >= 0.6 is 0 Å². The number of fused-ring (bicyclic) bond motifs is 2. The molecule has 0 radical (unpaired) electrons. The molecule has 0 aliphatic carbocycles. The number of nitrogen functional groups attached to an aromatic ring is 1. The molecule has 9 nitrogen and oxygen atoms in total. The van der Waals surface area contributed by atoms with Crippen LogP contribution in [-0.4, -0.2) is 63.8 Å². The van der Waals surface area contributed by atoms with Gasteiger partial charge in [0.15, 0.2) is 5.82 Å². The van der Waals surface area contributed by atoms with Crippen molar-refractivity contribution in [3.05, 3.63) is 78.5 Å². The number of piperazine rings is 1. The van der Waals surface area contributed by atoms with Crippen LogP contribution in [0.1, 0.15) is 13.0 Å². The highest BCUT2D eigenvalue weighted by Crippen LogP contribution is 2.29. The summed E-state index contributed by atoms with van der Waals surface area (Å²) in [4.78, 5) is 22.1. The summed E-state index contributed by atoms with van der Waals surface area (Å²) in [6.45, 7) is 5.18. The van der Waals surface area contributed by atoms with E-state index in [1.807, 2.05) is 55.6 Å². The SMILES string of the molecule is C.CN1CCN(Cc2ccc(NC(=O)Nc3cc(-c4ccc5cc(N)ncc5c4)n(C)n3)c3ccccc23)CC1. The van der Waals surface area contributed by atoms with Gasteiger partial charge in [0.1, 0.15) is 5.82 Å². The number of aromatic nitrogens is 3. The molecule has 0 saturated carbocycles. The van der Waals surface area contributed by atoms with Gasteiger partial charge in [-0.15, -0.1) is 0 Å². The van der Waals surface area contributed by atoms with E-state index in [9.17, 15) is 4.79 Å². The quantitative estimate of drug-likeness (QED) is 0.278. The van der Waals surface area contributed by atoms with Crippen LogP contribution in [0.15, 0.2) is 72.9 Å². The second kappa shape index (κ2) is 11.3. The Morgan fingerprint density at radius 3 is 2.48 bits per heavy atom. The molecular weight excluding hydrogens is 500 g/mol. The first kappa shape index (κ1) is 27.1. The summed E-state index contributed by atoms with van der Waals surface area (Å²) in [6.07, 6.45) is 1.76. The highest BCUT2D eigenvalue weighted by Gasteiger charge is 2.17. The molecule has 6 rings (SSSR count). The molecule has 206 valence electrons. The zero-order chi connectivity index (χ0) is 26.9. The van der Waals surface area contributed by atoms with E-state index in [0.717, 1.165) is 71.2 Å². The van der Waals surface area contributed by atoms with Crippen LogP contribution in [0.4, 0.5) is 22.1 Å². The van der Waals surface area contributed by atoms with Gasteiger partial charge >= 0.3 is 6.03 Å². The van der Waals surface area contributed by atoms with Gasteiger partial charge in [0.25, 0.3) is 0 Å². The lowest BCUT2D eigenvalue weighted by molar-refractivity contribution is 0.148. The number of nitrogens with two attached hydrogens (primary N) is 1. The molecule has 5 aromatic rings. The number of carbonyl (C=O) groups excluding carboxylic acids is 1. The first-order chi connectivity index (χ1) is 18.9. The van der Waals surface area contributed by atoms with Crippen molar-refractivity contribution in [1.29, 1.82) is 0 Å². The summed E-state index contributed by atoms with van der Waals surface area (Å²) < 4.78 is 1.75. The van der Waals surface area contributed by atoms with Crippen molar-refractivity contribution in [3.8, 4) is 11.3 Å². The number of hydrogen-bond donors (Lipinski definition) is 3. The van der Waals surface area contributed by atoms with E-state index >= 15 is 0 Å². The van der Waals surface area contributed by atoms with Gasteiger partial charge in [-0.25, -0.2) is 9.78 Å². The van der Waals surface area contributed by atoms with Gasteiger partial charge < -0.3 is 16.0 Å². The molecule has 2 aromatic heterocycles. The first-order valence-corrected chi connectivity index (χ1v) is 13.1. The summed E-state index contributed by atoms with van der Waals surface area (Å²) in [6, 6.07) is 21.8. The number of benzene rings is 3. The Morgan fingerprint density at radius 1 is 0.900 bits per heavy atom. The zero-order valence-electron chi connectivity index (χ0n) is 22.2. The highest BCUT2D eigenvalue weighted by atomic mass is 16.2. The van der Waals surface area contributed by atoms with E-state index in [4.69, 9.17) is 5.73 Å². The number of likely N-dealkylation sites (N-methyl/N-ethyl adjacent to an activating group) is 1. The molecular formula is C31H36N8O. The number of pyridine rings is 1. The summed E-state index contributed by atoms with van der Waals surface area (Å²) in [7, 11) is 4.03. The average molecular weight is 537 g/mol. The fourth-order valence-corrected chi connectivity index (χ4v) is 5.24. The zero-order valence-corrected chi connectivity index (χ0v) is 22.2. The van der Waals surface area contributed by atoms with Crippen molar-refractivity contribution in [2.45, 2.75) is 14.0 Å². The van der Waals surface area contributed by atoms with Crippen LogP contribution in [0.25, 0.3) is 32.8 Å². The molecule has 0 spiro atoms. The van der Waals surface area contributed by atoms with E-state index in [-0.39, 0.29) is 13.5 Å². The number of nitrogens with one attached hydrogen (secondary N) is 2. The molecule has 0 bridgehead atoms. The van der Waals surface area contributed by atoms with E-state index in [1.165, 1.54) is 5.56 Å². The number of aryl methyl sites for hydroxylation is 1. The number of anilines is 3. The Bertz CT molecular complexity index is 1670. The van der Waals surface area contributed by atoms with Crippen LogP contribution in [0.3, 0.4) is 0 Å². The molecule has 3 heterocycles. The molecule has 9 heteroatoms. The predicted octanol–water partition coefficient (Wildman–Crippen LogP) is 5.40. The molecule has 1 fully saturated rings. The van der Waals surface area contributed by atoms with Gasteiger partial charge in [-0.1, -0.05) is 49.9 Å². The summed E-state index contributed by atoms with van der Waals surface area (Å²) in [5.41, 5.74) is 9.69. The molecule has 2 amide bonds. The fraction of sp³-hybridized carbons (Fsp3) is 0.258. The van der Waals surface area contributed by atoms with E-state index in [2.05, 4.69) is 55.8 Å². The molecule has 40 heavy (non-hydrogen) atoms. The normalized spacial score (nSPS) is 14.2. The van der Waals surface area contributed by atoms with Crippen molar-refractivity contribution < 1.29 is 4.79 Å². The Hall–Kier alpha value is -4.47. The van der Waals surface area contributed by atoms with Gasteiger partial charge in [-0.3, -0.25) is 14.9 Å². The molecule has 1 aliphatic rings. The van der Waals surface area contributed by atoms with Crippen LogP contribution in [-0.2, 0) is 13.6 Å². The number of carbonyl (C=O) groups is 1. The maximum absolute atomic E-state index is 13.0. The minimum Gasteiger partial charge on any atom is -0.384 e. The second-order valence-corrected chi connectivity index (χ2v) is 10.2. The predicted molar refractivity (Wildman–Crippen MR) is 164 cm³/mol. The molecule has 1 aliphatic heterocycles. The Kier molecular flexibility index (Phi) is 7.68. The minimum atomic E-state index is -0.338. The van der Waals surface area contributed by atoms with Crippen molar-refractivity contribution >= 4 is 44.9 Å². The van der Waals surface area contributed by atoms with Crippen molar-refractivity contribution in [2.24, 2.45) is 7.05 Å². The maximum Gasteiger partial charge on any atom is 0.324 e. The van der Waals surface area contributed by atoms with E-state index in [1.54, 1.807) is 10.9 Å². The van der Waals surface area contributed by atoms with Gasteiger partial charge in [0.05, 0.1) is 11.4 Å². The molecule has 0 atom stereocenters. The lowest BCUT2D eigenvalue weighted by Crippen LogP contribution is -2.43. The number of hydrogen-bond acceptors (Lipinski definition) is 6. The average Bonchev–Trinajstić information content (AvgIpc) is 3.30. The Morgan fingerprint density at radius 2 is 1.68 bits per heavy atom. The van der Waals surface area contributed by atoms with E-state index < -0.39 is 0 Å². The Balaban J connectivity index is 0.00000323. The summed E-state index contributed by atoms with van der Waals surface area (Å²) in [5, 5.41) is 14.6. The van der Waals surface area contributed by atoms with E-state index in [0.29, 0.717) is 11.6 Å². The standard InChI is InChI=1S/C30H32N8O.CH4/c1-36-11-13-38(14-12-36)19-22-9-10-26(25-6-4-3-5-24(22)25)33-30(39)34-29-17-27(37(2)35-29)21-8-7-20-16-28(31)32-18-23(20)15-21;/h3-10,15-18H,11-14,19H2,1-2H3,(H2,31,32)(H2,33,34,35,39);1H4. The largest absolute Gasteiger partial charge is 0.384 e. The first-order valence-electron chi connectivity index (χ1n) is 13.1. The van der Waals surface area contributed by atoms with Gasteiger partial charge in [0, 0.05) is 68.4 Å². The second-order valence-electron chi connectivity index (χ2n) is 10.2. The van der Waals surface area contributed by atoms with Crippen molar-refractivity contribution in [2.75, 3.05) is 49.6 Å². The molecule has 1 saturated heterocycles. The maximum atomic E-state index is 13.0. The summed E-state index contributed by atoms with van der Waals surface area (Å²) in [5.74, 6) is 0.960. The van der Waals surface area contributed by atoms with Crippen LogP contribution in [0.5, 0.6) is 0 Å². The lowest BCUT2D eigenvalue weighted by atomic mass is 10.0. The smallest absolute Gasteiger partial charge is 0.324 e. The summed E-state index contributed by atoms with van der Waals surface area (Å²) >= 11 is 0. The van der Waals surface area contributed by atoms with Gasteiger partial charge in [-0.05, 0) is 41.6 Å². The number of amides is 2. The highest BCUT2D eigenvalue weighted by molar-refractivity contribution is 6.06. The van der Waals surface area contributed by atoms with Crippen LogP contribution in [0, 0.1) is 0 Å². The number of nitrogens with zero attached hydrogens (tertiary/aromatic N) is 5. The van der Waals surface area contributed by atoms with Crippen LogP contribution in [0.2, 0.25) is 0 Å². The van der Waals surface area contributed by atoms with Crippen molar-refractivity contribution in [1.82, 2.24) is 24.6 Å². The molecule has 0 unspecified atom stereocenters. The Labute approximate surface area is 234 Å². The number of urea groups is 1. The lowest BCUT2D eigenvalue weighted by Gasteiger charge is -2.32. The minimum absolute atomic E-state index is 0. The van der Waals surface area contributed by atoms with Gasteiger partial charge in [-0.2, -0.15) is 5.10 Å². The monoisotopic (exact) mass is 536 g/mol. The number of rotatable bonds is 5.